The van der Waals surface area contributed by atoms with Gasteiger partial charge in [0.05, 0.1) is 5.56 Å². The van der Waals surface area contributed by atoms with Crippen LogP contribution in [0.3, 0.4) is 0 Å². The van der Waals surface area contributed by atoms with Crippen LogP contribution in [0.4, 0.5) is 0 Å². The lowest BCUT2D eigenvalue weighted by atomic mass is 10.1. The van der Waals surface area contributed by atoms with E-state index in [1.54, 1.807) is 30.3 Å². The smallest absolute Gasteiger partial charge is 0.189 e. The van der Waals surface area contributed by atoms with Gasteiger partial charge in [-0.3, -0.25) is 4.79 Å². The van der Waals surface area contributed by atoms with E-state index in [0.717, 1.165) is 5.56 Å². The molecule has 0 bridgehead atoms. The molecule has 0 radical (unpaired) electrons. The maximum absolute atomic E-state index is 12.1. The third kappa shape index (κ3) is 3.53. The fourth-order valence-electron chi connectivity index (χ4n) is 1.69. The van der Waals surface area contributed by atoms with Crippen LogP contribution in [0.5, 0.6) is 5.75 Å². The van der Waals surface area contributed by atoms with Gasteiger partial charge in [-0.15, -0.1) is 0 Å². The van der Waals surface area contributed by atoms with Crippen LogP contribution in [0.25, 0.3) is 6.08 Å². The highest BCUT2D eigenvalue weighted by molar-refractivity contribution is 6.08. The van der Waals surface area contributed by atoms with Crippen molar-refractivity contribution in [2.45, 2.75) is 0 Å². The Hall–Kier alpha value is -2.39. The molecule has 2 aromatic carbocycles. The normalized spacial score (nSPS) is 10.6. The zero-order valence-electron chi connectivity index (χ0n) is 10.3. The maximum atomic E-state index is 12.1. The minimum absolute atomic E-state index is 0.159. The number of carbonyl (C=O) groups is 1. The molecule has 0 aliphatic heterocycles. The van der Waals surface area contributed by atoms with Crippen molar-refractivity contribution in [1.82, 2.24) is 0 Å². The number of allylic oxidation sites excluding steroid dienone is 1. The molecule has 2 rings (SSSR count). The Morgan fingerprint density at radius 1 is 1.05 bits per heavy atom. The van der Waals surface area contributed by atoms with Gasteiger partial charge in [0.15, 0.2) is 12.6 Å². The highest BCUT2D eigenvalue weighted by Gasteiger charge is 2.08. The van der Waals surface area contributed by atoms with E-state index in [1.807, 2.05) is 30.3 Å². The fourth-order valence-corrected chi connectivity index (χ4v) is 1.69. The van der Waals surface area contributed by atoms with Crippen LogP contribution in [0, 0.1) is 0 Å². The van der Waals surface area contributed by atoms with Crippen molar-refractivity contribution in [2.24, 2.45) is 0 Å². The summed E-state index contributed by atoms with van der Waals surface area (Å²) in [6.45, 7) is -0.452. The highest BCUT2D eigenvalue weighted by Crippen LogP contribution is 2.19. The minimum Gasteiger partial charge on any atom is -0.467 e. The van der Waals surface area contributed by atoms with Gasteiger partial charge in [0.2, 0.25) is 0 Å². The molecule has 0 aliphatic carbocycles. The number of hydrogen-bond acceptors (Lipinski definition) is 3. The summed E-state index contributed by atoms with van der Waals surface area (Å²) in [5, 5.41) is 8.78. The molecule has 3 heteroatoms. The molecule has 0 unspecified atom stereocenters. The molecule has 0 aliphatic rings. The molecule has 0 heterocycles. The fraction of sp³-hybridized carbons (Fsp3) is 0.0625. The summed E-state index contributed by atoms with van der Waals surface area (Å²) < 4.78 is 5.01. The Morgan fingerprint density at radius 3 is 2.47 bits per heavy atom. The van der Waals surface area contributed by atoms with Gasteiger partial charge in [0, 0.05) is 0 Å². The largest absolute Gasteiger partial charge is 0.467 e. The van der Waals surface area contributed by atoms with Crippen molar-refractivity contribution in [3.63, 3.8) is 0 Å². The monoisotopic (exact) mass is 254 g/mol. The van der Waals surface area contributed by atoms with Crippen LogP contribution in [-0.2, 0) is 0 Å². The second kappa shape index (κ2) is 6.52. The minimum atomic E-state index is -0.452. The highest BCUT2D eigenvalue weighted by atomic mass is 16.6. The van der Waals surface area contributed by atoms with Crippen molar-refractivity contribution in [2.75, 3.05) is 6.79 Å². The Labute approximate surface area is 111 Å². The molecule has 0 atom stereocenters. The first kappa shape index (κ1) is 13.1. The van der Waals surface area contributed by atoms with Gasteiger partial charge in [-0.2, -0.15) is 0 Å². The first-order valence-corrected chi connectivity index (χ1v) is 5.91. The lowest BCUT2D eigenvalue weighted by Crippen LogP contribution is -2.02. The topological polar surface area (TPSA) is 46.5 Å². The molecule has 19 heavy (non-hydrogen) atoms. The number of aliphatic hydroxyl groups excluding tert-OH is 1. The van der Waals surface area contributed by atoms with E-state index in [2.05, 4.69) is 0 Å². The van der Waals surface area contributed by atoms with Crippen LogP contribution >= 0.6 is 0 Å². The third-order valence-electron chi connectivity index (χ3n) is 2.60. The van der Waals surface area contributed by atoms with Gasteiger partial charge in [-0.1, -0.05) is 48.5 Å². The quantitative estimate of drug-likeness (QED) is 0.507. The lowest BCUT2D eigenvalue weighted by Gasteiger charge is -2.06. The summed E-state index contributed by atoms with van der Waals surface area (Å²) in [6, 6.07) is 16.4. The van der Waals surface area contributed by atoms with Crippen molar-refractivity contribution < 1.29 is 14.6 Å². The summed E-state index contributed by atoms with van der Waals surface area (Å²) in [5.74, 6) is 0.223. The van der Waals surface area contributed by atoms with E-state index < -0.39 is 6.79 Å². The number of aliphatic hydroxyl groups is 1. The molecule has 0 saturated carbocycles. The van der Waals surface area contributed by atoms with E-state index in [4.69, 9.17) is 9.84 Å². The standard InChI is InChI=1S/C16H14O3/c17-12-19-16-9-5-4-8-14(16)15(18)11-10-13-6-2-1-3-7-13/h1-11,17H,12H2. The number of rotatable bonds is 5. The zero-order chi connectivity index (χ0) is 13.5. The van der Waals surface area contributed by atoms with Crippen molar-refractivity contribution in [3.05, 3.63) is 71.8 Å². The van der Waals surface area contributed by atoms with Gasteiger partial charge >= 0.3 is 0 Å². The molecule has 3 nitrogen and oxygen atoms in total. The van der Waals surface area contributed by atoms with E-state index in [9.17, 15) is 4.79 Å². The number of ketones is 1. The molecular formula is C16H14O3. The van der Waals surface area contributed by atoms with Gasteiger partial charge in [-0.25, -0.2) is 0 Å². The second-order valence-electron chi connectivity index (χ2n) is 3.88. The van der Waals surface area contributed by atoms with Gasteiger partial charge in [-0.05, 0) is 23.8 Å². The SMILES string of the molecule is O=C(C=Cc1ccccc1)c1ccccc1OCO. The predicted octanol–water partition coefficient (Wildman–Crippen LogP) is 2.91. The number of ether oxygens (including phenoxy) is 1. The average molecular weight is 254 g/mol. The molecule has 0 spiro atoms. The van der Waals surface area contributed by atoms with E-state index in [-0.39, 0.29) is 5.78 Å². The van der Waals surface area contributed by atoms with Crippen LogP contribution < -0.4 is 4.74 Å². The molecule has 0 amide bonds. The van der Waals surface area contributed by atoms with E-state index >= 15 is 0 Å². The summed E-state index contributed by atoms with van der Waals surface area (Å²) in [6.07, 6.45) is 3.24. The molecule has 96 valence electrons. The summed E-state index contributed by atoms with van der Waals surface area (Å²) in [5.41, 5.74) is 1.39. The van der Waals surface area contributed by atoms with E-state index in [0.29, 0.717) is 11.3 Å². The molecule has 0 saturated heterocycles. The molecule has 0 fully saturated rings. The predicted molar refractivity (Wildman–Crippen MR) is 74.0 cm³/mol. The Balaban J connectivity index is 2.18. The van der Waals surface area contributed by atoms with E-state index in [1.165, 1.54) is 6.08 Å². The number of carbonyl (C=O) groups excluding carboxylic acids is 1. The summed E-state index contributed by atoms with van der Waals surface area (Å²) >= 11 is 0. The Morgan fingerprint density at radius 2 is 1.74 bits per heavy atom. The van der Waals surface area contributed by atoms with Crippen molar-refractivity contribution in [3.8, 4) is 5.75 Å². The van der Waals surface area contributed by atoms with Gasteiger partial charge < -0.3 is 9.84 Å². The Kier molecular flexibility index (Phi) is 4.48. The Bertz CT molecular complexity index is 574. The van der Waals surface area contributed by atoms with Crippen molar-refractivity contribution in [1.29, 1.82) is 0 Å². The molecule has 2 aromatic rings. The van der Waals surface area contributed by atoms with Crippen molar-refractivity contribution >= 4 is 11.9 Å². The lowest BCUT2D eigenvalue weighted by molar-refractivity contribution is 0.0940. The summed E-state index contributed by atoms with van der Waals surface area (Å²) in [4.78, 5) is 12.1. The zero-order valence-corrected chi connectivity index (χ0v) is 10.3. The number of para-hydroxylation sites is 1. The number of hydrogen-bond donors (Lipinski definition) is 1. The number of benzene rings is 2. The first-order chi connectivity index (χ1) is 9.31. The average Bonchev–Trinajstić information content (AvgIpc) is 2.47. The van der Waals surface area contributed by atoms with Crippen LogP contribution in [-0.4, -0.2) is 17.7 Å². The summed E-state index contributed by atoms with van der Waals surface area (Å²) in [7, 11) is 0. The van der Waals surface area contributed by atoms with Crippen LogP contribution in [0.15, 0.2) is 60.7 Å². The molecular weight excluding hydrogens is 240 g/mol. The van der Waals surface area contributed by atoms with Crippen LogP contribution in [0.2, 0.25) is 0 Å². The molecule has 0 aromatic heterocycles. The van der Waals surface area contributed by atoms with Gasteiger partial charge in [0.25, 0.3) is 0 Å². The molecule has 1 N–H and O–H groups in total. The first-order valence-electron chi connectivity index (χ1n) is 5.91. The van der Waals surface area contributed by atoms with Gasteiger partial charge in [0.1, 0.15) is 5.75 Å². The maximum Gasteiger partial charge on any atom is 0.189 e. The second-order valence-corrected chi connectivity index (χ2v) is 3.88. The third-order valence-corrected chi connectivity index (χ3v) is 2.60. The van der Waals surface area contributed by atoms with Crippen LogP contribution in [0.1, 0.15) is 15.9 Å².